The summed E-state index contributed by atoms with van der Waals surface area (Å²) in [5, 5.41) is 0. The molecule has 5 nitrogen and oxygen atoms in total. The molecule has 0 saturated heterocycles. The molecule has 0 aliphatic heterocycles. The van der Waals surface area contributed by atoms with E-state index in [1.807, 2.05) is 0 Å². The number of allylic oxidation sites excluding steroid dienone is 6. The van der Waals surface area contributed by atoms with Gasteiger partial charge >= 0.3 is 11.9 Å². The Morgan fingerprint density at radius 1 is 0.393 bits per heavy atom. The zero-order valence-corrected chi connectivity index (χ0v) is 37.7. The molecule has 0 N–H and O–H groups in total. The van der Waals surface area contributed by atoms with E-state index in [9.17, 15) is 9.59 Å². The Labute approximate surface area is 349 Å². The summed E-state index contributed by atoms with van der Waals surface area (Å²) in [7, 11) is 0. The van der Waals surface area contributed by atoms with Crippen LogP contribution in [0.1, 0.15) is 252 Å². The predicted octanol–water partition coefficient (Wildman–Crippen LogP) is 16.2. The van der Waals surface area contributed by atoms with Gasteiger partial charge in [0.2, 0.25) is 0 Å². The van der Waals surface area contributed by atoms with Crippen LogP contribution in [0.5, 0.6) is 0 Å². The molecule has 1 atom stereocenters. The second-order valence-corrected chi connectivity index (χ2v) is 16.4. The van der Waals surface area contributed by atoms with E-state index in [4.69, 9.17) is 14.2 Å². The zero-order chi connectivity index (χ0) is 40.7. The smallest absolute Gasteiger partial charge is 0.306 e. The Kier molecular flexibility index (Phi) is 45.9. The molecule has 0 fully saturated rings. The van der Waals surface area contributed by atoms with Crippen molar-refractivity contribution in [1.82, 2.24) is 0 Å². The van der Waals surface area contributed by atoms with Gasteiger partial charge in [-0.25, -0.2) is 0 Å². The maximum absolute atomic E-state index is 12.7. The standard InChI is InChI=1S/C51H94O5/c1-4-7-10-13-16-19-22-24-26-27-30-32-35-38-41-44-50(52)55-48-49(56-51(53)45-42-39-36-33-29-21-18-15-12-9-6-3)47-54-46-43-40-37-34-31-28-25-23-20-17-14-11-8-5-2/h11,14,20,23-24,26,49H,4-10,12-13,15-19,21-22,25,27-48H2,1-3H3/b14-11-,23-20-,26-24-. The van der Waals surface area contributed by atoms with E-state index in [-0.39, 0.29) is 25.2 Å². The Bertz CT molecular complexity index is 893. The summed E-state index contributed by atoms with van der Waals surface area (Å²) in [6, 6.07) is 0. The maximum Gasteiger partial charge on any atom is 0.306 e. The molecular formula is C51H94O5. The van der Waals surface area contributed by atoms with E-state index in [1.165, 1.54) is 161 Å². The highest BCUT2D eigenvalue weighted by Crippen LogP contribution is 2.14. The van der Waals surface area contributed by atoms with Crippen LogP contribution >= 0.6 is 0 Å². The summed E-state index contributed by atoms with van der Waals surface area (Å²) in [4.78, 5) is 25.3. The van der Waals surface area contributed by atoms with Crippen LogP contribution in [-0.2, 0) is 23.8 Å². The van der Waals surface area contributed by atoms with Crippen molar-refractivity contribution in [1.29, 1.82) is 0 Å². The molecule has 0 aromatic carbocycles. The molecular weight excluding hydrogens is 693 g/mol. The van der Waals surface area contributed by atoms with Crippen molar-refractivity contribution in [3.05, 3.63) is 36.5 Å². The van der Waals surface area contributed by atoms with Gasteiger partial charge in [0.25, 0.3) is 0 Å². The van der Waals surface area contributed by atoms with Crippen LogP contribution in [0.25, 0.3) is 0 Å². The van der Waals surface area contributed by atoms with E-state index in [0.29, 0.717) is 19.4 Å². The second-order valence-electron chi connectivity index (χ2n) is 16.4. The molecule has 0 aromatic rings. The van der Waals surface area contributed by atoms with Gasteiger partial charge < -0.3 is 14.2 Å². The van der Waals surface area contributed by atoms with Crippen molar-refractivity contribution >= 4 is 11.9 Å². The highest BCUT2D eigenvalue weighted by Gasteiger charge is 2.17. The first-order chi connectivity index (χ1) is 27.6. The van der Waals surface area contributed by atoms with Crippen LogP contribution in [0.15, 0.2) is 36.5 Å². The number of unbranched alkanes of at least 4 members (excludes halogenated alkanes) is 28. The summed E-state index contributed by atoms with van der Waals surface area (Å²) in [6.07, 6.45) is 55.7. The first-order valence-corrected chi connectivity index (χ1v) is 24.5. The molecule has 0 saturated carbocycles. The van der Waals surface area contributed by atoms with Crippen molar-refractivity contribution in [2.75, 3.05) is 19.8 Å². The number of hydrogen-bond acceptors (Lipinski definition) is 5. The number of esters is 2. The molecule has 0 aliphatic rings. The fourth-order valence-electron chi connectivity index (χ4n) is 6.95. The summed E-state index contributed by atoms with van der Waals surface area (Å²) in [6.45, 7) is 7.75. The van der Waals surface area contributed by atoms with Crippen molar-refractivity contribution in [3.63, 3.8) is 0 Å². The normalized spacial score (nSPS) is 12.4. The Balaban J connectivity index is 4.25. The van der Waals surface area contributed by atoms with Gasteiger partial charge in [0, 0.05) is 19.4 Å². The van der Waals surface area contributed by atoms with Crippen LogP contribution in [0.3, 0.4) is 0 Å². The lowest BCUT2D eigenvalue weighted by Gasteiger charge is -2.18. The average Bonchev–Trinajstić information content (AvgIpc) is 3.20. The first kappa shape index (κ1) is 54.1. The topological polar surface area (TPSA) is 61.8 Å². The molecule has 0 rings (SSSR count). The average molecular weight is 787 g/mol. The lowest BCUT2D eigenvalue weighted by molar-refractivity contribution is -0.163. The van der Waals surface area contributed by atoms with Crippen molar-refractivity contribution in [2.24, 2.45) is 0 Å². The van der Waals surface area contributed by atoms with Gasteiger partial charge in [-0.1, -0.05) is 205 Å². The van der Waals surface area contributed by atoms with Gasteiger partial charge in [0.1, 0.15) is 6.61 Å². The lowest BCUT2D eigenvalue weighted by atomic mass is 10.1. The summed E-state index contributed by atoms with van der Waals surface area (Å²) >= 11 is 0. The third-order valence-corrected chi connectivity index (χ3v) is 10.6. The lowest BCUT2D eigenvalue weighted by Crippen LogP contribution is -2.30. The molecule has 0 amide bonds. The van der Waals surface area contributed by atoms with Gasteiger partial charge in [0.05, 0.1) is 6.61 Å². The Hall–Kier alpha value is -1.88. The van der Waals surface area contributed by atoms with Gasteiger partial charge in [-0.2, -0.15) is 0 Å². The van der Waals surface area contributed by atoms with Gasteiger partial charge in [0.15, 0.2) is 6.10 Å². The second kappa shape index (κ2) is 47.5. The molecule has 0 aromatic heterocycles. The minimum atomic E-state index is -0.538. The fourth-order valence-corrected chi connectivity index (χ4v) is 6.95. The van der Waals surface area contributed by atoms with Gasteiger partial charge in [-0.15, -0.1) is 0 Å². The molecule has 1 unspecified atom stereocenters. The number of ether oxygens (including phenoxy) is 3. The van der Waals surface area contributed by atoms with E-state index in [0.717, 1.165) is 57.8 Å². The Morgan fingerprint density at radius 2 is 0.786 bits per heavy atom. The third-order valence-electron chi connectivity index (χ3n) is 10.6. The molecule has 0 spiro atoms. The molecule has 5 heteroatoms. The number of rotatable bonds is 45. The van der Waals surface area contributed by atoms with Crippen LogP contribution in [0, 0.1) is 0 Å². The molecule has 0 aliphatic carbocycles. The first-order valence-electron chi connectivity index (χ1n) is 24.5. The van der Waals surface area contributed by atoms with Gasteiger partial charge in [-0.3, -0.25) is 9.59 Å². The molecule has 0 radical (unpaired) electrons. The number of hydrogen-bond donors (Lipinski definition) is 0. The van der Waals surface area contributed by atoms with Crippen LogP contribution in [0.4, 0.5) is 0 Å². The van der Waals surface area contributed by atoms with Crippen LogP contribution in [-0.4, -0.2) is 37.9 Å². The minimum Gasteiger partial charge on any atom is -0.462 e. The van der Waals surface area contributed by atoms with Crippen molar-refractivity contribution in [2.45, 2.75) is 258 Å². The predicted molar refractivity (Wildman–Crippen MR) is 242 cm³/mol. The number of carbonyl (C=O) groups is 2. The van der Waals surface area contributed by atoms with E-state index < -0.39 is 6.10 Å². The monoisotopic (exact) mass is 787 g/mol. The minimum absolute atomic E-state index is 0.0807. The maximum atomic E-state index is 12.7. The summed E-state index contributed by atoms with van der Waals surface area (Å²) < 4.78 is 17.3. The van der Waals surface area contributed by atoms with E-state index >= 15 is 0 Å². The van der Waals surface area contributed by atoms with Crippen molar-refractivity contribution < 1.29 is 23.8 Å². The molecule has 0 heterocycles. The fraction of sp³-hybridized carbons (Fsp3) is 0.843. The van der Waals surface area contributed by atoms with E-state index in [2.05, 4.69) is 57.2 Å². The Morgan fingerprint density at radius 3 is 1.27 bits per heavy atom. The number of carbonyl (C=O) groups excluding carboxylic acids is 2. The summed E-state index contributed by atoms with van der Waals surface area (Å²) in [5.41, 5.74) is 0. The van der Waals surface area contributed by atoms with Crippen LogP contribution in [0.2, 0.25) is 0 Å². The molecule has 0 bridgehead atoms. The van der Waals surface area contributed by atoms with Crippen molar-refractivity contribution in [3.8, 4) is 0 Å². The molecule has 328 valence electrons. The third kappa shape index (κ3) is 44.8. The highest BCUT2D eigenvalue weighted by atomic mass is 16.6. The zero-order valence-electron chi connectivity index (χ0n) is 37.7. The summed E-state index contributed by atoms with van der Waals surface area (Å²) in [5.74, 6) is -0.404. The van der Waals surface area contributed by atoms with Gasteiger partial charge in [-0.05, 0) is 70.6 Å². The molecule has 56 heavy (non-hydrogen) atoms. The van der Waals surface area contributed by atoms with Crippen LogP contribution < -0.4 is 0 Å². The van der Waals surface area contributed by atoms with E-state index in [1.54, 1.807) is 0 Å². The highest BCUT2D eigenvalue weighted by molar-refractivity contribution is 5.70. The quantitative estimate of drug-likeness (QED) is 0.0349. The largest absolute Gasteiger partial charge is 0.462 e. The SMILES string of the molecule is CCC/C=C\C/C=C\CCCCCCCCOCC(COC(=O)CCCCCCC/C=C\CCCCCCCC)OC(=O)CCCCCCCCCCCCC.